The Labute approximate surface area is 132 Å². The van der Waals surface area contributed by atoms with E-state index in [4.69, 9.17) is 0 Å². The van der Waals surface area contributed by atoms with Crippen molar-refractivity contribution in [1.29, 1.82) is 0 Å². The van der Waals surface area contributed by atoms with Crippen LogP contribution in [0.5, 0.6) is 0 Å². The Kier molecular flexibility index (Phi) is 4.23. The molecule has 0 saturated heterocycles. The summed E-state index contributed by atoms with van der Waals surface area (Å²) in [4.78, 5) is 0. The van der Waals surface area contributed by atoms with Crippen molar-refractivity contribution in [2.24, 2.45) is 0 Å². The summed E-state index contributed by atoms with van der Waals surface area (Å²) in [6, 6.07) is 22.2. The third-order valence-electron chi connectivity index (χ3n) is 3.48. The van der Waals surface area contributed by atoms with E-state index in [0.717, 1.165) is 15.7 Å². The molecule has 3 heteroatoms. The number of aliphatic hydroxyl groups is 1. The van der Waals surface area contributed by atoms with Crippen molar-refractivity contribution in [3.05, 3.63) is 76.8 Å². The van der Waals surface area contributed by atoms with E-state index in [9.17, 15) is 5.11 Å². The number of nitrogens with one attached hydrogen (secondary N) is 1. The van der Waals surface area contributed by atoms with Crippen LogP contribution in [0.3, 0.4) is 0 Å². The van der Waals surface area contributed by atoms with E-state index in [-0.39, 0.29) is 0 Å². The molecule has 0 aliphatic rings. The number of aliphatic hydroxyl groups excluding tert-OH is 1. The largest absolute Gasteiger partial charge is 0.387 e. The van der Waals surface area contributed by atoms with E-state index in [1.807, 2.05) is 42.5 Å². The number of hydrogen-bond acceptors (Lipinski definition) is 2. The van der Waals surface area contributed by atoms with Gasteiger partial charge in [0.15, 0.2) is 0 Å². The van der Waals surface area contributed by atoms with E-state index in [2.05, 4.69) is 45.5 Å². The van der Waals surface area contributed by atoms with Crippen molar-refractivity contribution in [2.45, 2.75) is 6.10 Å². The number of fused-ring (bicyclic) bond motifs is 1. The lowest BCUT2D eigenvalue weighted by Gasteiger charge is -2.14. The minimum atomic E-state index is -0.533. The van der Waals surface area contributed by atoms with Gasteiger partial charge in [-0.1, -0.05) is 58.4 Å². The van der Waals surface area contributed by atoms with Crippen molar-refractivity contribution in [1.82, 2.24) is 0 Å². The molecular weight excluding hydrogens is 326 g/mol. The quantitative estimate of drug-likeness (QED) is 0.717. The average Bonchev–Trinajstić information content (AvgIpc) is 2.52. The molecule has 2 N–H and O–H groups in total. The first-order chi connectivity index (χ1) is 10.2. The van der Waals surface area contributed by atoms with E-state index in [1.54, 1.807) is 0 Å². The standard InChI is InChI=1S/C18H16BrNO/c19-16-7-3-6-15(10-16)18(21)12-20-17-9-8-13-4-1-2-5-14(13)11-17/h1-11,18,20-21H,12H2. The molecular formula is C18H16BrNO. The third kappa shape index (κ3) is 3.43. The molecule has 0 spiro atoms. The van der Waals surface area contributed by atoms with Crippen LogP contribution in [0.4, 0.5) is 5.69 Å². The molecule has 0 radical (unpaired) electrons. The van der Waals surface area contributed by atoms with Crippen LogP contribution in [0.25, 0.3) is 10.8 Å². The summed E-state index contributed by atoms with van der Waals surface area (Å²) in [5.41, 5.74) is 1.92. The lowest BCUT2D eigenvalue weighted by Crippen LogP contribution is -2.12. The van der Waals surface area contributed by atoms with Gasteiger partial charge in [-0.05, 0) is 40.6 Å². The predicted molar refractivity (Wildman–Crippen MR) is 91.5 cm³/mol. The summed E-state index contributed by atoms with van der Waals surface area (Å²) >= 11 is 3.42. The van der Waals surface area contributed by atoms with Crippen LogP contribution < -0.4 is 5.32 Å². The summed E-state index contributed by atoms with van der Waals surface area (Å²) in [7, 11) is 0. The molecule has 106 valence electrons. The first-order valence-electron chi connectivity index (χ1n) is 6.88. The van der Waals surface area contributed by atoms with Crippen LogP contribution >= 0.6 is 15.9 Å². The van der Waals surface area contributed by atoms with Crippen molar-refractivity contribution in [3.63, 3.8) is 0 Å². The molecule has 1 atom stereocenters. The minimum Gasteiger partial charge on any atom is -0.387 e. The molecule has 2 nitrogen and oxygen atoms in total. The van der Waals surface area contributed by atoms with Crippen molar-refractivity contribution in [2.75, 3.05) is 11.9 Å². The van der Waals surface area contributed by atoms with Crippen LogP contribution in [0, 0.1) is 0 Å². The number of rotatable bonds is 4. The topological polar surface area (TPSA) is 32.3 Å². The van der Waals surface area contributed by atoms with E-state index < -0.39 is 6.10 Å². The maximum Gasteiger partial charge on any atom is 0.0962 e. The van der Waals surface area contributed by atoms with Gasteiger partial charge in [-0.3, -0.25) is 0 Å². The van der Waals surface area contributed by atoms with Crippen LogP contribution in [-0.4, -0.2) is 11.7 Å². The van der Waals surface area contributed by atoms with Gasteiger partial charge in [-0.15, -0.1) is 0 Å². The molecule has 0 aliphatic heterocycles. The molecule has 3 rings (SSSR count). The monoisotopic (exact) mass is 341 g/mol. The maximum atomic E-state index is 10.2. The maximum absolute atomic E-state index is 10.2. The van der Waals surface area contributed by atoms with Crippen LogP contribution in [0.2, 0.25) is 0 Å². The lowest BCUT2D eigenvalue weighted by atomic mass is 10.1. The molecule has 3 aromatic rings. The SMILES string of the molecule is OC(CNc1ccc2ccccc2c1)c1cccc(Br)c1. The van der Waals surface area contributed by atoms with E-state index in [1.165, 1.54) is 10.8 Å². The summed E-state index contributed by atoms with van der Waals surface area (Å²) < 4.78 is 0.977. The molecule has 0 amide bonds. The summed E-state index contributed by atoms with van der Waals surface area (Å²) in [5.74, 6) is 0. The zero-order chi connectivity index (χ0) is 14.7. The fraction of sp³-hybridized carbons (Fsp3) is 0.111. The van der Waals surface area contributed by atoms with Gasteiger partial charge in [0.05, 0.1) is 6.10 Å². The highest BCUT2D eigenvalue weighted by atomic mass is 79.9. The second-order valence-electron chi connectivity index (χ2n) is 5.01. The van der Waals surface area contributed by atoms with Gasteiger partial charge in [-0.25, -0.2) is 0 Å². The number of anilines is 1. The van der Waals surface area contributed by atoms with E-state index in [0.29, 0.717) is 6.54 Å². The zero-order valence-electron chi connectivity index (χ0n) is 11.5. The van der Waals surface area contributed by atoms with Gasteiger partial charge in [0.25, 0.3) is 0 Å². The highest BCUT2D eigenvalue weighted by Crippen LogP contribution is 2.21. The van der Waals surface area contributed by atoms with Gasteiger partial charge < -0.3 is 10.4 Å². The first kappa shape index (κ1) is 14.1. The highest BCUT2D eigenvalue weighted by molar-refractivity contribution is 9.10. The Balaban J connectivity index is 1.71. The predicted octanol–water partition coefficient (Wildman–Crippen LogP) is 4.75. The minimum absolute atomic E-state index is 0.481. The molecule has 1 unspecified atom stereocenters. The summed E-state index contributed by atoms with van der Waals surface area (Å²) in [5, 5.41) is 15.9. The van der Waals surface area contributed by atoms with Crippen LogP contribution in [-0.2, 0) is 0 Å². The lowest BCUT2D eigenvalue weighted by molar-refractivity contribution is 0.191. The normalized spacial score (nSPS) is 12.3. The summed E-state index contributed by atoms with van der Waals surface area (Å²) in [6.07, 6.45) is -0.533. The Morgan fingerprint density at radius 3 is 2.52 bits per heavy atom. The molecule has 0 fully saturated rings. The van der Waals surface area contributed by atoms with Gasteiger partial charge in [0.1, 0.15) is 0 Å². The fourth-order valence-electron chi connectivity index (χ4n) is 2.35. The molecule has 0 aromatic heterocycles. The van der Waals surface area contributed by atoms with Crippen LogP contribution in [0.1, 0.15) is 11.7 Å². The van der Waals surface area contributed by atoms with Gasteiger partial charge in [0, 0.05) is 16.7 Å². The van der Waals surface area contributed by atoms with Crippen molar-refractivity contribution >= 4 is 32.4 Å². The molecule has 0 bridgehead atoms. The molecule has 0 aliphatic carbocycles. The molecule has 0 heterocycles. The number of benzene rings is 3. The average molecular weight is 342 g/mol. The Morgan fingerprint density at radius 2 is 1.71 bits per heavy atom. The van der Waals surface area contributed by atoms with E-state index >= 15 is 0 Å². The van der Waals surface area contributed by atoms with Crippen molar-refractivity contribution in [3.8, 4) is 0 Å². The highest BCUT2D eigenvalue weighted by Gasteiger charge is 2.07. The Hall–Kier alpha value is -1.84. The number of halogens is 1. The van der Waals surface area contributed by atoms with Gasteiger partial charge in [0.2, 0.25) is 0 Å². The second kappa shape index (κ2) is 6.29. The molecule has 0 saturated carbocycles. The van der Waals surface area contributed by atoms with Crippen LogP contribution in [0.15, 0.2) is 71.2 Å². The Bertz CT molecular complexity index is 757. The molecule has 21 heavy (non-hydrogen) atoms. The zero-order valence-corrected chi connectivity index (χ0v) is 13.0. The molecule has 3 aromatic carbocycles. The van der Waals surface area contributed by atoms with Gasteiger partial charge in [-0.2, -0.15) is 0 Å². The van der Waals surface area contributed by atoms with Crippen molar-refractivity contribution < 1.29 is 5.11 Å². The smallest absolute Gasteiger partial charge is 0.0962 e. The Morgan fingerprint density at radius 1 is 0.905 bits per heavy atom. The summed E-state index contributed by atoms with van der Waals surface area (Å²) in [6.45, 7) is 0.481. The second-order valence-corrected chi connectivity index (χ2v) is 5.93. The third-order valence-corrected chi connectivity index (χ3v) is 3.98. The first-order valence-corrected chi connectivity index (χ1v) is 7.68. The fourth-order valence-corrected chi connectivity index (χ4v) is 2.76. The van der Waals surface area contributed by atoms with Gasteiger partial charge >= 0.3 is 0 Å². The number of hydrogen-bond donors (Lipinski definition) is 2.